The number of rotatable bonds is 8. The topological polar surface area (TPSA) is 86.0 Å². The molecule has 0 aliphatic rings. The van der Waals surface area contributed by atoms with Gasteiger partial charge in [0.15, 0.2) is 0 Å². The Bertz CT molecular complexity index is 1210. The number of carbonyl (C=O) groups is 1. The number of fused-ring (bicyclic) bond motifs is 1. The van der Waals surface area contributed by atoms with Crippen molar-refractivity contribution in [2.75, 3.05) is 5.75 Å². The van der Waals surface area contributed by atoms with Crippen LogP contribution in [-0.2, 0) is 21.9 Å². The summed E-state index contributed by atoms with van der Waals surface area (Å²) in [6.45, 7) is 3.78. The summed E-state index contributed by atoms with van der Waals surface area (Å²) < 4.78 is 43.1. The van der Waals surface area contributed by atoms with Crippen LogP contribution in [-0.4, -0.2) is 34.4 Å². The highest BCUT2D eigenvalue weighted by atomic mass is 32.2. The molecule has 1 N–H and O–H groups in total. The lowest BCUT2D eigenvalue weighted by Crippen LogP contribution is -2.31. The summed E-state index contributed by atoms with van der Waals surface area (Å²) in [5.74, 6) is -0.425. The lowest BCUT2D eigenvalue weighted by Gasteiger charge is -2.08. The van der Waals surface area contributed by atoms with Crippen LogP contribution in [0, 0.1) is 12.7 Å². The van der Waals surface area contributed by atoms with Gasteiger partial charge in [-0.05, 0) is 43.7 Å². The number of hydrogen-bond acceptors (Lipinski definition) is 4. The predicted molar refractivity (Wildman–Crippen MR) is 115 cm³/mol. The zero-order valence-corrected chi connectivity index (χ0v) is 18.0. The van der Waals surface area contributed by atoms with Crippen LogP contribution in [0.3, 0.4) is 0 Å². The van der Waals surface area contributed by atoms with Crippen molar-refractivity contribution in [3.63, 3.8) is 0 Å². The Balaban J connectivity index is 1.88. The van der Waals surface area contributed by atoms with Crippen LogP contribution in [0.5, 0.6) is 0 Å². The van der Waals surface area contributed by atoms with Crippen molar-refractivity contribution in [3.05, 3.63) is 53.6 Å². The van der Waals surface area contributed by atoms with E-state index in [4.69, 9.17) is 0 Å². The highest BCUT2D eigenvalue weighted by Gasteiger charge is 2.16. The quantitative estimate of drug-likeness (QED) is 0.436. The maximum absolute atomic E-state index is 13.5. The van der Waals surface area contributed by atoms with E-state index in [9.17, 15) is 17.6 Å². The molecule has 9 heteroatoms. The lowest BCUT2D eigenvalue weighted by atomic mass is 10.2. The van der Waals surface area contributed by atoms with E-state index < -0.39 is 15.9 Å². The molecule has 7 nitrogen and oxygen atoms in total. The summed E-state index contributed by atoms with van der Waals surface area (Å²) in [5.41, 5.74) is 2.13. The number of amides is 1. The highest BCUT2D eigenvalue weighted by molar-refractivity contribution is 7.90. The summed E-state index contributed by atoms with van der Waals surface area (Å²) >= 11 is 0. The smallest absolute Gasteiger partial charge is 0.257 e. The molecule has 0 saturated heterocycles. The largest absolute Gasteiger partial charge is 0.301 e. The zero-order chi connectivity index (χ0) is 21.9. The van der Waals surface area contributed by atoms with Crippen LogP contribution in [0.1, 0.15) is 37.4 Å². The van der Waals surface area contributed by atoms with E-state index in [1.165, 1.54) is 18.2 Å². The lowest BCUT2D eigenvalue weighted by molar-refractivity contribution is -0.114. The molecule has 0 fully saturated rings. The van der Waals surface area contributed by atoms with Gasteiger partial charge in [-0.15, -0.1) is 0 Å². The molecule has 2 heterocycles. The van der Waals surface area contributed by atoms with E-state index in [0.29, 0.717) is 23.5 Å². The van der Waals surface area contributed by atoms with Gasteiger partial charge in [-0.1, -0.05) is 19.8 Å². The van der Waals surface area contributed by atoms with Gasteiger partial charge in [-0.25, -0.2) is 17.5 Å². The fraction of sp³-hybridized carbons (Fsp3) is 0.333. The molecule has 3 aromatic rings. The fourth-order valence-electron chi connectivity index (χ4n) is 3.38. The number of unbranched alkanes of at least 4 members (excludes halogenated alkanes) is 2. The average molecular weight is 433 g/mol. The van der Waals surface area contributed by atoms with Crippen molar-refractivity contribution < 1.29 is 17.6 Å². The molecule has 0 atom stereocenters. The van der Waals surface area contributed by atoms with Crippen molar-refractivity contribution in [2.24, 2.45) is 7.05 Å². The van der Waals surface area contributed by atoms with Crippen molar-refractivity contribution >= 4 is 32.9 Å². The number of nitrogens with one attached hydrogen (secondary N) is 1. The third kappa shape index (κ3) is 4.79. The van der Waals surface area contributed by atoms with Crippen molar-refractivity contribution in [3.8, 4) is 5.82 Å². The Morgan fingerprint density at radius 1 is 1.27 bits per heavy atom. The molecule has 2 aromatic heterocycles. The first kappa shape index (κ1) is 21.8. The molecule has 30 heavy (non-hydrogen) atoms. The number of hydrogen-bond donors (Lipinski definition) is 1. The number of carbonyl (C=O) groups excluding carboxylic acids is 1. The molecule has 0 radical (unpaired) electrons. The Hall–Kier alpha value is -2.94. The summed E-state index contributed by atoms with van der Waals surface area (Å²) in [4.78, 5) is 12.2. The maximum atomic E-state index is 13.5. The van der Waals surface area contributed by atoms with Crippen molar-refractivity contribution in [1.82, 2.24) is 19.1 Å². The SMILES string of the molecule is CCCCCS(=O)(=O)NC(=O)/C=C/c1c(C)nn(C)c1-n1ccc2cc(F)ccc21. The third-order valence-corrected chi connectivity index (χ3v) is 6.13. The third-order valence-electron chi connectivity index (χ3n) is 4.79. The Kier molecular flexibility index (Phi) is 6.40. The van der Waals surface area contributed by atoms with Crippen LogP contribution in [0.4, 0.5) is 4.39 Å². The first-order valence-electron chi connectivity index (χ1n) is 9.75. The van der Waals surface area contributed by atoms with Crippen LogP contribution >= 0.6 is 0 Å². The number of benzene rings is 1. The second-order valence-corrected chi connectivity index (χ2v) is 9.00. The van der Waals surface area contributed by atoms with Gasteiger partial charge in [-0.2, -0.15) is 5.10 Å². The molecule has 0 unspecified atom stereocenters. The molecule has 0 aliphatic heterocycles. The van der Waals surface area contributed by atoms with Crippen molar-refractivity contribution in [1.29, 1.82) is 0 Å². The van der Waals surface area contributed by atoms with Crippen LogP contribution in [0.2, 0.25) is 0 Å². The van der Waals surface area contributed by atoms with Gasteiger partial charge in [0.25, 0.3) is 5.91 Å². The second-order valence-electron chi connectivity index (χ2n) is 7.16. The van der Waals surface area contributed by atoms with E-state index in [1.54, 1.807) is 43.1 Å². The molecular formula is C21H25FN4O3S. The summed E-state index contributed by atoms with van der Waals surface area (Å²) in [6, 6.07) is 6.30. The minimum atomic E-state index is -3.66. The highest BCUT2D eigenvalue weighted by Crippen LogP contribution is 2.26. The summed E-state index contributed by atoms with van der Waals surface area (Å²) in [6.07, 6.45) is 6.73. The number of sulfonamides is 1. The molecular weight excluding hydrogens is 407 g/mol. The minimum absolute atomic E-state index is 0.0799. The Labute approximate surface area is 175 Å². The Morgan fingerprint density at radius 3 is 2.77 bits per heavy atom. The average Bonchev–Trinajstić information content (AvgIpc) is 3.18. The van der Waals surface area contributed by atoms with E-state index in [-0.39, 0.29) is 11.6 Å². The van der Waals surface area contributed by atoms with E-state index in [0.717, 1.165) is 23.7 Å². The molecule has 0 bridgehead atoms. The van der Waals surface area contributed by atoms with Gasteiger partial charge in [0.05, 0.1) is 17.0 Å². The molecule has 0 saturated carbocycles. The van der Waals surface area contributed by atoms with E-state index in [2.05, 4.69) is 9.82 Å². The number of halogens is 1. The van der Waals surface area contributed by atoms with E-state index in [1.807, 2.05) is 11.5 Å². The predicted octanol–water partition coefficient (Wildman–Crippen LogP) is 3.46. The van der Waals surface area contributed by atoms with Crippen LogP contribution in [0.15, 0.2) is 36.5 Å². The molecule has 3 rings (SSSR count). The van der Waals surface area contributed by atoms with Crippen LogP contribution < -0.4 is 4.72 Å². The maximum Gasteiger partial charge on any atom is 0.257 e. The van der Waals surface area contributed by atoms with Gasteiger partial charge in [-0.3, -0.25) is 9.48 Å². The van der Waals surface area contributed by atoms with Gasteiger partial charge in [0.1, 0.15) is 11.6 Å². The summed E-state index contributed by atoms with van der Waals surface area (Å²) in [5, 5.41) is 5.15. The molecule has 1 amide bonds. The van der Waals surface area contributed by atoms with Gasteiger partial charge in [0.2, 0.25) is 10.0 Å². The normalized spacial score (nSPS) is 12.1. The fourth-order valence-corrected chi connectivity index (χ4v) is 4.44. The van der Waals surface area contributed by atoms with Crippen molar-refractivity contribution in [2.45, 2.75) is 33.1 Å². The number of aryl methyl sites for hydroxylation is 2. The minimum Gasteiger partial charge on any atom is -0.301 e. The van der Waals surface area contributed by atoms with Gasteiger partial charge < -0.3 is 4.57 Å². The Morgan fingerprint density at radius 2 is 2.03 bits per heavy atom. The number of nitrogens with zero attached hydrogens (tertiary/aromatic N) is 3. The molecule has 0 aliphatic carbocycles. The second kappa shape index (κ2) is 8.83. The molecule has 0 spiro atoms. The van der Waals surface area contributed by atoms with Gasteiger partial charge in [0, 0.05) is 30.3 Å². The summed E-state index contributed by atoms with van der Waals surface area (Å²) in [7, 11) is -1.89. The van der Waals surface area contributed by atoms with Crippen LogP contribution in [0.25, 0.3) is 22.8 Å². The number of aromatic nitrogens is 3. The monoisotopic (exact) mass is 432 g/mol. The first-order valence-corrected chi connectivity index (χ1v) is 11.4. The van der Waals surface area contributed by atoms with E-state index >= 15 is 0 Å². The first-order chi connectivity index (χ1) is 14.2. The molecule has 1 aromatic carbocycles. The standard InChI is InChI=1S/C21H25FN4O3S/c1-4-5-6-13-30(28,29)24-20(27)10-8-18-15(2)23-25(3)21(18)26-12-11-16-14-17(22)7-9-19(16)26/h7-12,14H,4-6,13H2,1-3H3,(H,24,27)/b10-8+. The van der Waals surface area contributed by atoms with Gasteiger partial charge >= 0.3 is 0 Å². The molecule has 160 valence electrons. The zero-order valence-electron chi connectivity index (χ0n) is 17.2.